The first kappa shape index (κ1) is 45.4. The maximum Gasteiger partial charge on any atom is 0.407 e. The first-order valence-electron chi connectivity index (χ1n) is 19.8. The minimum absolute atomic E-state index is 0.0302. The van der Waals surface area contributed by atoms with Crippen molar-refractivity contribution in [2.45, 2.75) is 96.4 Å². The summed E-state index contributed by atoms with van der Waals surface area (Å²) in [5, 5.41) is 10.3. The molecule has 0 spiro atoms. The van der Waals surface area contributed by atoms with Crippen LogP contribution in [0.2, 0.25) is 0 Å². The topological polar surface area (TPSA) is 193 Å². The van der Waals surface area contributed by atoms with E-state index in [2.05, 4.69) is 16.0 Å². The molecule has 2 aliphatic rings. The summed E-state index contributed by atoms with van der Waals surface area (Å²) in [5.41, 5.74) is 0.168. The molecule has 3 N–H and O–H groups in total. The molecule has 2 aromatic rings. The van der Waals surface area contributed by atoms with E-state index < -0.39 is 35.8 Å². The van der Waals surface area contributed by atoms with Crippen LogP contribution in [-0.2, 0) is 33.3 Å². The van der Waals surface area contributed by atoms with E-state index in [4.69, 9.17) is 33.4 Å². The monoisotopic (exact) mass is 817 g/mol. The molecule has 1 aliphatic carbocycles. The highest BCUT2D eigenvalue weighted by Gasteiger charge is 2.40. The molecule has 1 saturated carbocycles. The number of alkyl carbamates (subject to hydrolysis) is 2. The third-order valence-electron chi connectivity index (χ3n) is 9.37. The fourth-order valence-electron chi connectivity index (χ4n) is 6.58. The summed E-state index contributed by atoms with van der Waals surface area (Å²) in [4.78, 5) is 70.6. The van der Waals surface area contributed by atoms with Crippen LogP contribution >= 0.6 is 11.3 Å². The molecule has 316 valence electrons. The standard InChI is InChI=1S/C40H59N5O11S/c1-27(55-38(49)41-5)35(47)44-33(28-11-7-6-8-12-28)37(48)45-17-10-15-32(45)36-43-31(26-57-36)34(46)29-13-9-14-30(25-29)54-24-23-53-22-21-52-20-19-51-18-16-42-39(50)56-40(2,3)4/h9,13-14,25-28,32-33H,6-8,10-12,15-24H2,1-5H3,(H,41,49)(H,42,50)(H,44,47)/t27?,32-,33?/m0/s1. The summed E-state index contributed by atoms with van der Waals surface area (Å²) >= 11 is 1.34. The molecule has 2 heterocycles. The molecule has 2 fully saturated rings. The highest BCUT2D eigenvalue weighted by molar-refractivity contribution is 7.10. The Balaban J connectivity index is 1.20. The Morgan fingerprint density at radius 2 is 1.58 bits per heavy atom. The van der Waals surface area contributed by atoms with Crippen molar-refractivity contribution in [1.82, 2.24) is 25.8 Å². The summed E-state index contributed by atoms with van der Waals surface area (Å²) in [6, 6.07) is 5.82. The van der Waals surface area contributed by atoms with Crippen molar-refractivity contribution in [1.29, 1.82) is 0 Å². The molecule has 17 heteroatoms. The van der Waals surface area contributed by atoms with E-state index >= 15 is 0 Å². The van der Waals surface area contributed by atoms with Crippen molar-refractivity contribution >= 4 is 41.1 Å². The van der Waals surface area contributed by atoms with Crippen LogP contribution in [0.15, 0.2) is 29.6 Å². The number of carbonyl (C=O) groups excluding carboxylic acids is 5. The number of nitrogens with one attached hydrogen (secondary N) is 3. The van der Waals surface area contributed by atoms with Crippen LogP contribution in [0.1, 0.15) is 99.7 Å². The molecule has 4 rings (SSSR count). The van der Waals surface area contributed by atoms with E-state index in [1.807, 2.05) is 0 Å². The van der Waals surface area contributed by atoms with Crippen LogP contribution in [-0.4, -0.2) is 124 Å². The van der Waals surface area contributed by atoms with Gasteiger partial charge in [-0.05, 0) is 71.4 Å². The SMILES string of the molecule is CNC(=O)OC(C)C(=O)NC(C(=O)N1CCC[C@H]1c1nc(C(=O)c2cccc(OCCOCCOCCOCCNC(=O)OC(C)(C)C)c2)cs1)C1CCCCC1. The van der Waals surface area contributed by atoms with Gasteiger partial charge in [-0.2, -0.15) is 0 Å². The van der Waals surface area contributed by atoms with Gasteiger partial charge in [-0.15, -0.1) is 11.3 Å². The smallest absolute Gasteiger partial charge is 0.407 e. The predicted octanol–water partition coefficient (Wildman–Crippen LogP) is 4.80. The number of carbonyl (C=O) groups is 5. The second-order valence-corrected chi connectivity index (χ2v) is 15.8. The first-order chi connectivity index (χ1) is 27.4. The highest BCUT2D eigenvalue weighted by Crippen LogP contribution is 2.36. The average Bonchev–Trinajstić information content (AvgIpc) is 3.88. The molecule has 0 radical (unpaired) electrons. The Kier molecular flexibility index (Phi) is 18.5. The quantitative estimate of drug-likeness (QED) is 0.115. The lowest BCUT2D eigenvalue weighted by molar-refractivity contribution is -0.141. The van der Waals surface area contributed by atoms with Crippen LogP contribution in [0, 0.1) is 5.92 Å². The van der Waals surface area contributed by atoms with Gasteiger partial charge in [-0.3, -0.25) is 14.4 Å². The van der Waals surface area contributed by atoms with Gasteiger partial charge in [0.25, 0.3) is 5.91 Å². The van der Waals surface area contributed by atoms with Gasteiger partial charge in [0.15, 0.2) is 6.10 Å². The van der Waals surface area contributed by atoms with Gasteiger partial charge in [0.2, 0.25) is 11.7 Å². The molecule has 1 aromatic carbocycles. The Morgan fingerprint density at radius 1 is 0.895 bits per heavy atom. The summed E-state index contributed by atoms with van der Waals surface area (Å²) in [5.74, 6) is -0.466. The fraction of sp³-hybridized carbons (Fsp3) is 0.650. The Bertz CT molecular complexity index is 1610. The Labute approximate surface area is 339 Å². The normalized spacial score (nSPS) is 17.0. The zero-order valence-corrected chi connectivity index (χ0v) is 34.6. The molecule has 4 amide bonds. The van der Waals surface area contributed by atoms with E-state index in [1.54, 1.807) is 55.3 Å². The third-order valence-corrected chi connectivity index (χ3v) is 10.3. The number of benzene rings is 1. The molecule has 1 aromatic heterocycles. The van der Waals surface area contributed by atoms with E-state index in [9.17, 15) is 24.0 Å². The van der Waals surface area contributed by atoms with Crippen LogP contribution in [0.5, 0.6) is 5.75 Å². The molecule has 57 heavy (non-hydrogen) atoms. The second-order valence-electron chi connectivity index (χ2n) is 14.9. The Morgan fingerprint density at radius 3 is 2.26 bits per heavy atom. The predicted molar refractivity (Wildman–Crippen MR) is 211 cm³/mol. The molecular formula is C40H59N5O11S. The number of nitrogens with zero attached hydrogens (tertiary/aromatic N) is 2. The molecule has 3 atom stereocenters. The maximum absolute atomic E-state index is 14.2. The molecule has 1 saturated heterocycles. The van der Waals surface area contributed by atoms with Crippen molar-refractivity contribution < 1.29 is 52.4 Å². The van der Waals surface area contributed by atoms with E-state index in [1.165, 1.54) is 25.3 Å². The summed E-state index contributed by atoms with van der Waals surface area (Å²) < 4.78 is 32.6. The number of thiazole rings is 1. The van der Waals surface area contributed by atoms with Crippen molar-refractivity contribution in [3.05, 3.63) is 45.9 Å². The number of aromatic nitrogens is 1. The summed E-state index contributed by atoms with van der Waals surface area (Å²) in [6.45, 7) is 10.2. The van der Waals surface area contributed by atoms with Crippen LogP contribution in [0.3, 0.4) is 0 Å². The number of rotatable bonds is 21. The van der Waals surface area contributed by atoms with Crippen molar-refractivity contribution in [3.8, 4) is 5.75 Å². The number of likely N-dealkylation sites (tertiary alicyclic amines) is 1. The van der Waals surface area contributed by atoms with Crippen LogP contribution in [0.4, 0.5) is 9.59 Å². The maximum atomic E-state index is 14.2. The van der Waals surface area contributed by atoms with Crippen molar-refractivity contribution in [3.63, 3.8) is 0 Å². The average molecular weight is 818 g/mol. The highest BCUT2D eigenvalue weighted by atomic mass is 32.1. The van der Waals surface area contributed by atoms with Crippen molar-refractivity contribution in [2.75, 3.05) is 66.4 Å². The number of ether oxygens (including phenoxy) is 6. The lowest BCUT2D eigenvalue weighted by Gasteiger charge is -2.35. The minimum atomic E-state index is -1.07. The van der Waals surface area contributed by atoms with Gasteiger partial charge in [-0.25, -0.2) is 14.6 Å². The summed E-state index contributed by atoms with van der Waals surface area (Å²) in [6.07, 6.45) is 3.86. The van der Waals surface area contributed by atoms with Crippen LogP contribution < -0.4 is 20.7 Å². The first-order valence-corrected chi connectivity index (χ1v) is 20.7. The molecule has 16 nitrogen and oxygen atoms in total. The van der Waals surface area contributed by atoms with E-state index in [-0.39, 0.29) is 36.0 Å². The zero-order chi connectivity index (χ0) is 41.2. The minimum Gasteiger partial charge on any atom is -0.491 e. The number of amides is 4. The molecular weight excluding hydrogens is 759 g/mol. The second kappa shape index (κ2) is 23.2. The molecule has 0 bridgehead atoms. The van der Waals surface area contributed by atoms with Gasteiger partial charge < -0.3 is 49.3 Å². The fourth-order valence-corrected chi connectivity index (χ4v) is 7.52. The largest absolute Gasteiger partial charge is 0.491 e. The van der Waals surface area contributed by atoms with Gasteiger partial charge in [-0.1, -0.05) is 31.4 Å². The number of hydrogen-bond acceptors (Lipinski definition) is 13. The molecule has 1 aliphatic heterocycles. The van der Waals surface area contributed by atoms with Crippen LogP contribution in [0.25, 0.3) is 0 Å². The summed E-state index contributed by atoms with van der Waals surface area (Å²) in [7, 11) is 1.41. The van der Waals surface area contributed by atoms with E-state index in [0.717, 1.165) is 38.5 Å². The van der Waals surface area contributed by atoms with Gasteiger partial charge in [0, 0.05) is 31.1 Å². The molecule has 2 unspecified atom stereocenters. The lowest BCUT2D eigenvalue weighted by atomic mass is 9.83. The van der Waals surface area contributed by atoms with E-state index in [0.29, 0.717) is 75.5 Å². The number of hydrogen-bond donors (Lipinski definition) is 3. The Hall–Kier alpha value is -4.32. The van der Waals surface area contributed by atoms with Crippen molar-refractivity contribution in [2.24, 2.45) is 5.92 Å². The van der Waals surface area contributed by atoms with Gasteiger partial charge in [0.1, 0.15) is 34.7 Å². The zero-order valence-electron chi connectivity index (χ0n) is 33.8. The lowest BCUT2D eigenvalue weighted by Crippen LogP contribution is -2.54. The third kappa shape index (κ3) is 15.2. The number of ketones is 1. The van der Waals surface area contributed by atoms with Gasteiger partial charge in [0.05, 0.1) is 45.7 Å². The van der Waals surface area contributed by atoms with Gasteiger partial charge >= 0.3 is 12.2 Å².